The van der Waals surface area contributed by atoms with E-state index in [1.165, 1.54) is 0 Å². The Morgan fingerprint density at radius 2 is 1.38 bits per heavy atom. The summed E-state index contributed by atoms with van der Waals surface area (Å²) in [4.78, 5) is 4.83. The Morgan fingerprint density at radius 1 is 0.769 bits per heavy atom. The van der Waals surface area contributed by atoms with Crippen LogP contribution in [0.3, 0.4) is 0 Å². The van der Waals surface area contributed by atoms with Crippen molar-refractivity contribution in [2.45, 2.75) is 6.04 Å². The van der Waals surface area contributed by atoms with Crippen molar-refractivity contribution in [3.8, 4) is 5.75 Å². The molecule has 0 amide bonds. The van der Waals surface area contributed by atoms with Crippen LogP contribution in [-0.4, -0.2) is 13.0 Å². The minimum Gasteiger partial charge on any atom is -0.497 e. The summed E-state index contributed by atoms with van der Waals surface area (Å²) in [7, 11) is 1.67. The highest BCUT2D eigenvalue weighted by Gasteiger charge is 2.21. The second-order valence-corrected chi connectivity index (χ2v) is 6.02. The van der Waals surface area contributed by atoms with E-state index in [0.717, 1.165) is 28.2 Å². The highest BCUT2D eigenvalue weighted by molar-refractivity contribution is 5.98. The van der Waals surface area contributed by atoms with Gasteiger partial charge in [-0.2, -0.15) is 0 Å². The third kappa shape index (κ3) is 3.38. The largest absolute Gasteiger partial charge is 0.497 e. The van der Waals surface area contributed by atoms with Crippen LogP contribution >= 0.6 is 0 Å². The van der Waals surface area contributed by atoms with Gasteiger partial charge < -0.3 is 9.47 Å². The van der Waals surface area contributed by atoms with Crippen molar-refractivity contribution in [1.82, 2.24) is 0 Å². The van der Waals surface area contributed by atoms with E-state index in [1.54, 1.807) is 7.11 Å². The molecule has 0 aliphatic carbocycles. The fraction of sp³-hybridized carbons (Fsp3) is 0.0870. The van der Waals surface area contributed by atoms with Crippen molar-refractivity contribution in [1.29, 1.82) is 0 Å². The van der Waals surface area contributed by atoms with E-state index in [0.29, 0.717) is 5.90 Å². The van der Waals surface area contributed by atoms with Gasteiger partial charge in [0.25, 0.3) is 0 Å². The zero-order valence-electron chi connectivity index (χ0n) is 14.5. The predicted octanol–water partition coefficient (Wildman–Crippen LogP) is 5.25. The minimum absolute atomic E-state index is 0.111. The molecule has 4 rings (SSSR count). The molecule has 3 heteroatoms. The highest BCUT2D eigenvalue weighted by Crippen LogP contribution is 2.32. The van der Waals surface area contributed by atoms with E-state index in [2.05, 4.69) is 6.08 Å². The summed E-state index contributed by atoms with van der Waals surface area (Å²) in [6, 6.07) is 28.0. The summed E-state index contributed by atoms with van der Waals surface area (Å²) >= 11 is 0. The van der Waals surface area contributed by atoms with Gasteiger partial charge in [0.15, 0.2) is 0 Å². The second-order valence-electron chi connectivity index (χ2n) is 6.02. The highest BCUT2D eigenvalue weighted by atomic mass is 16.5. The van der Waals surface area contributed by atoms with E-state index in [9.17, 15) is 0 Å². The maximum absolute atomic E-state index is 6.14. The van der Waals surface area contributed by atoms with Gasteiger partial charge in [0.2, 0.25) is 5.90 Å². The molecule has 1 unspecified atom stereocenters. The molecule has 0 fully saturated rings. The van der Waals surface area contributed by atoms with Gasteiger partial charge in [-0.3, -0.25) is 0 Å². The molecular weight excluding hydrogens is 322 g/mol. The number of rotatable bonds is 4. The van der Waals surface area contributed by atoms with E-state index in [1.807, 2.05) is 84.9 Å². The van der Waals surface area contributed by atoms with Crippen LogP contribution in [0, 0.1) is 0 Å². The first-order chi connectivity index (χ1) is 12.8. The molecule has 3 aromatic rings. The van der Waals surface area contributed by atoms with Crippen LogP contribution in [0.4, 0.5) is 0 Å². The van der Waals surface area contributed by atoms with E-state index in [4.69, 9.17) is 14.5 Å². The lowest BCUT2D eigenvalue weighted by molar-refractivity contribution is 0.414. The molecule has 1 heterocycles. The lowest BCUT2D eigenvalue weighted by Crippen LogP contribution is -2.13. The molecular formula is C23H19NO2. The molecule has 0 spiro atoms. The van der Waals surface area contributed by atoms with Crippen LogP contribution in [0.2, 0.25) is 0 Å². The first-order valence-electron chi connectivity index (χ1n) is 8.56. The molecule has 128 valence electrons. The molecule has 26 heavy (non-hydrogen) atoms. The van der Waals surface area contributed by atoms with Gasteiger partial charge in [-0.25, -0.2) is 4.99 Å². The molecule has 1 atom stereocenters. The van der Waals surface area contributed by atoms with Crippen LogP contribution < -0.4 is 4.74 Å². The molecule has 0 aromatic heterocycles. The van der Waals surface area contributed by atoms with Crippen molar-refractivity contribution in [3.63, 3.8) is 0 Å². The first kappa shape index (κ1) is 16.2. The van der Waals surface area contributed by atoms with Gasteiger partial charge in [-0.15, -0.1) is 0 Å². The number of hydrogen-bond acceptors (Lipinski definition) is 3. The maximum atomic E-state index is 6.14. The van der Waals surface area contributed by atoms with E-state index >= 15 is 0 Å². The van der Waals surface area contributed by atoms with E-state index < -0.39 is 0 Å². The van der Waals surface area contributed by atoms with Gasteiger partial charge in [-0.1, -0.05) is 60.7 Å². The summed E-state index contributed by atoms with van der Waals surface area (Å²) in [5, 5.41) is 0. The quantitative estimate of drug-likeness (QED) is 0.648. The van der Waals surface area contributed by atoms with Crippen LogP contribution in [0.25, 0.3) is 5.76 Å². The Bertz CT molecular complexity index is 873. The number of benzene rings is 3. The average molecular weight is 341 g/mol. The van der Waals surface area contributed by atoms with Crippen LogP contribution in [-0.2, 0) is 4.74 Å². The number of hydrogen-bond donors (Lipinski definition) is 0. The fourth-order valence-electron chi connectivity index (χ4n) is 2.92. The monoisotopic (exact) mass is 341 g/mol. The number of methoxy groups -OCH3 is 1. The SMILES string of the molecule is COc1ccc(C2C=C(c3ccccc3)OC(c3ccccc3)=N2)cc1. The van der Waals surface area contributed by atoms with Crippen molar-refractivity contribution in [2.75, 3.05) is 7.11 Å². The molecule has 1 aliphatic rings. The summed E-state index contributed by atoms with van der Waals surface area (Å²) < 4.78 is 11.4. The second kappa shape index (κ2) is 7.28. The molecule has 0 bridgehead atoms. The zero-order valence-corrected chi connectivity index (χ0v) is 14.5. The molecule has 1 aliphatic heterocycles. The van der Waals surface area contributed by atoms with Crippen molar-refractivity contribution in [3.05, 3.63) is 108 Å². The standard InChI is InChI=1S/C23H19NO2/c1-25-20-14-12-17(13-15-20)21-16-22(18-8-4-2-5-9-18)26-23(24-21)19-10-6-3-7-11-19/h2-16,21H,1H3. The lowest BCUT2D eigenvalue weighted by Gasteiger charge is -2.22. The minimum atomic E-state index is -0.111. The van der Waals surface area contributed by atoms with E-state index in [-0.39, 0.29) is 6.04 Å². The third-order valence-corrected chi connectivity index (χ3v) is 4.31. The number of nitrogens with zero attached hydrogens (tertiary/aromatic N) is 1. The molecule has 3 nitrogen and oxygen atoms in total. The Hall–Kier alpha value is -3.33. The molecule has 0 saturated carbocycles. The van der Waals surface area contributed by atoms with Gasteiger partial charge in [0, 0.05) is 11.1 Å². The van der Waals surface area contributed by atoms with Crippen LogP contribution in [0.15, 0.2) is 96.0 Å². The van der Waals surface area contributed by atoms with Gasteiger partial charge in [0.1, 0.15) is 17.6 Å². The summed E-state index contributed by atoms with van der Waals surface area (Å²) in [6.45, 7) is 0. The Morgan fingerprint density at radius 3 is 2.00 bits per heavy atom. The summed E-state index contributed by atoms with van der Waals surface area (Å²) in [6.07, 6.45) is 2.06. The fourth-order valence-corrected chi connectivity index (χ4v) is 2.92. The lowest BCUT2D eigenvalue weighted by atomic mass is 10.0. The Labute approximate surface area is 153 Å². The van der Waals surface area contributed by atoms with Crippen LogP contribution in [0.1, 0.15) is 22.7 Å². The molecule has 3 aromatic carbocycles. The number of aliphatic imine (C=N–C) groups is 1. The predicted molar refractivity (Wildman–Crippen MR) is 104 cm³/mol. The smallest absolute Gasteiger partial charge is 0.222 e. The topological polar surface area (TPSA) is 30.8 Å². The van der Waals surface area contributed by atoms with Crippen molar-refractivity contribution < 1.29 is 9.47 Å². The zero-order chi connectivity index (χ0) is 17.8. The normalized spacial score (nSPS) is 16.3. The average Bonchev–Trinajstić information content (AvgIpc) is 2.75. The summed E-state index contributed by atoms with van der Waals surface area (Å²) in [5.74, 6) is 2.29. The van der Waals surface area contributed by atoms with Crippen molar-refractivity contribution in [2.24, 2.45) is 4.99 Å². The summed E-state index contributed by atoms with van der Waals surface area (Å²) in [5.41, 5.74) is 3.10. The molecule has 0 N–H and O–H groups in total. The third-order valence-electron chi connectivity index (χ3n) is 4.31. The molecule has 0 saturated heterocycles. The first-order valence-corrected chi connectivity index (χ1v) is 8.56. The Balaban J connectivity index is 1.75. The van der Waals surface area contributed by atoms with Crippen LogP contribution in [0.5, 0.6) is 5.75 Å². The van der Waals surface area contributed by atoms with Gasteiger partial charge in [-0.05, 0) is 35.9 Å². The van der Waals surface area contributed by atoms with Gasteiger partial charge >= 0.3 is 0 Å². The maximum Gasteiger partial charge on any atom is 0.222 e. The molecule has 0 radical (unpaired) electrons. The number of ether oxygens (including phenoxy) is 2. The Kier molecular flexibility index (Phi) is 4.52. The van der Waals surface area contributed by atoms with Gasteiger partial charge in [0.05, 0.1) is 7.11 Å². The van der Waals surface area contributed by atoms with Crippen molar-refractivity contribution >= 4 is 11.7 Å².